The second-order valence-electron chi connectivity index (χ2n) is 6.65. The van der Waals surface area contributed by atoms with E-state index in [1.54, 1.807) is 0 Å². The van der Waals surface area contributed by atoms with Gasteiger partial charge in [-0.15, -0.1) is 0 Å². The van der Waals surface area contributed by atoms with Gasteiger partial charge in [0.15, 0.2) is 5.82 Å². The minimum Gasteiger partial charge on any atom is -0.363 e. The second kappa shape index (κ2) is 6.76. The number of ether oxygens (including phenoxy) is 1. The molecule has 1 aromatic carbocycles. The van der Waals surface area contributed by atoms with Crippen LogP contribution in [0, 0.1) is 22.7 Å². The van der Waals surface area contributed by atoms with Crippen molar-refractivity contribution >= 4 is 16.7 Å². The molecule has 0 unspecified atom stereocenters. The van der Waals surface area contributed by atoms with Gasteiger partial charge in [-0.05, 0) is 31.5 Å². The predicted octanol–water partition coefficient (Wildman–Crippen LogP) is 2.46. The van der Waals surface area contributed by atoms with Gasteiger partial charge in [0.25, 0.3) is 0 Å². The van der Waals surface area contributed by atoms with Crippen molar-refractivity contribution in [3.05, 3.63) is 46.3 Å². The Kier molecular flexibility index (Phi) is 4.28. The van der Waals surface area contributed by atoms with Crippen LogP contribution < -0.4 is 10.7 Å². The number of nitriles is 2. The molecule has 2 aliphatic rings. The zero-order valence-electron chi connectivity index (χ0n) is 15.1. The maximum atomic E-state index is 9.68. The Morgan fingerprint density at radius 2 is 1.96 bits per heavy atom. The lowest BCUT2D eigenvalue weighted by atomic mass is 9.81. The number of hydrogen-bond acceptors (Lipinski definition) is 7. The van der Waals surface area contributed by atoms with Gasteiger partial charge >= 0.3 is 0 Å². The Morgan fingerprint density at radius 3 is 2.59 bits per heavy atom. The SMILES string of the molecule is CC1=C(C#N)C(c2ccc3[nH]nc(NN4CCOC4)c3c2)C(C#N)=C(C)N1. The molecule has 136 valence electrons. The molecule has 0 radical (unpaired) electrons. The van der Waals surface area contributed by atoms with Crippen LogP contribution >= 0.6 is 0 Å². The third kappa shape index (κ3) is 2.91. The number of benzene rings is 1. The Hall–Kier alpha value is -3.33. The van der Waals surface area contributed by atoms with E-state index < -0.39 is 0 Å². The minimum atomic E-state index is -0.386. The summed E-state index contributed by atoms with van der Waals surface area (Å²) >= 11 is 0. The van der Waals surface area contributed by atoms with Crippen molar-refractivity contribution in [2.75, 3.05) is 25.3 Å². The normalized spacial score (nSPS) is 18.5. The van der Waals surface area contributed by atoms with Crippen molar-refractivity contribution < 1.29 is 4.74 Å². The molecular weight excluding hydrogens is 342 g/mol. The molecule has 3 N–H and O–H groups in total. The van der Waals surface area contributed by atoms with Crippen molar-refractivity contribution in [2.24, 2.45) is 0 Å². The number of dihydropyridines is 1. The van der Waals surface area contributed by atoms with E-state index in [2.05, 4.69) is 33.1 Å². The number of hydrogen-bond donors (Lipinski definition) is 3. The Balaban J connectivity index is 1.79. The van der Waals surface area contributed by atoms with Gasteiger partial charge in [-0.3, -0.25) is 10.5 Å². The monoisotopic (exact) mass is 361 g/mol. The van der Waals surface area contributed by atoms with Crippen molar-refractivity contribution in [1.82, 2.24) is 20.5 Å². The molecule has 2 aromatic rings. The molecule has 8 heteroatoms. The molecular formula is C19H19N7O. The largest absolute Gasteiger partial charge is 0.363 e. The number of hydrazine groups is 1. The molecule has 0 aliphatic carbocycles. The van der Waals surface area contributed by atoms with Crippen LogP contribution in [0.4, 0.5) is 5.82 Å². The smallest absolute Gasteiger partial charge is 0.170 e. The Bertz CT molecular complexity index is 1010. The van der Waals surface area contributed by atoms with Crippen LogP contribution in [-0.2, 0) is 4.74 Å². The van der Waals surface area contributed by atoms with Crippen LogP contribution in [0.2, 0.25) is 0 Å². The Morgan fingerprint density at radius 1 is 1.22 bits per heavy atom. The predicted molar refractivity (Wildman–Crippen MR) is 99.7 cm³/mol. The second-order valence-corrected chi connectivity index (χ2v) is 6.65. The van der Waals surface area contributed by atoms with Crippen molar-refractivity contribution in [3.63, 3.8) is 0 Å². The van der Waals surface area contributed by atoms with Crippen LogP contribution in [0.15, 0.2) is 40.7 Å². The van der Waals surface area contributed by atoms with Gasteiger partial charge in [-0.25, -0.2) is 0 Å². The highest BCUT2D eigenvalue weighted by molar-refractivity contribution is 5.90. The first kappa shape index (κ1) is 17.1. The van der Waals surface area contributed by atoms with Gasteiger partial charge in [0.2, 0.25) is 0 Å². The summed E-state index contributed by atoms with van der Waals surface area (Å²) in [6.07, 6.45) is 0. The molecule has 0 spiro atoms. The number of nitrogens with one attached hydrogen (secondary N) is 3. The molecule has 1 aromatic heterocycles. The lowest BCUT2D eigenvalue weighted by Gasteiger charge is -2.26. The van der Waals surface area contributed by atoms with E-state index in [1.807, 2.05) is 37.1 Å². The Labute approximate surface area is 156 Å². The summed E-state index contributed by atoms with van der Waals surface area (Å²) in [4.78, 5) is 0. The van der Waals surface area contributed by atoms with Crippen LogP contribution in [0.5, 0.6) is 0 Å². The van der Waals surface area contributed by atoms with Crippen molar-refractivity contribution in [3.8, 4) is 12.1 Å². The molecule has 0 saturated carbocycles. The number of allylic oxidation sites excluding steroid dienone is 4. The first-order valence-electron chi connectivity index (χ1n) is 8.68. The summed E-state index contributed by atoms with van der Waals surface area (Å²) in [7, 11) is 0. The molecule has 0 atom stereocenters. The van der Waals surface area contributed by atoms with E-state index in [1.165, 1.54) is 0 Å². The van der Waals surface area contributed by atoms with Gasteiger partial charge < -0.3 is 10.1 Å². The van der Waals surface area contributed by atoms with Crippen LogP contribution in [-0.4, -0.2) is 35.1 Å². The highest BCUT2D eigenvalue weighted by Crippen LogP contribution is 2.38. The van der Waals surface area contributed by atoms with E-state index in [9.17, 15) is 10.5 Å². The first-order valence-corrected chi connectivity index (χ1v) is 8.68. The van der Waals surface area contributed by atoms with Crippen LogP contribution in [0.25, 0.3) is 10.9 Å². The van der Waals surface area contributed by atoms with Gasteiger partial charge in [0.1, 0.15) is 6.73 Å². The van der Waals surface area contributed by atoms with Crippen molar-refractivity contribution in [1.29, 1.82) is 10.5 Å². The number of rotatable bonds is 3. The fraction of sp³-hybridized carbons (Fsp3) is 0.316. The highest BCUT2D eigenvalue weighted by atomic mass is 16.5. The van der Waals surface area contributed by atoms with Crippen LogP contribution in [0.3, 0.4) is 0 Å². The third-order valence-electron chi connectivity index (χ3n) is 4.94. The van der Waals surface area contributed by atoms with E-state index in [0.29, 0.717) is 30.3 Å². The number of H-pyrrole nitrogens is 1. The zero-order valence-corrected chi connectivity index (χ0v) is 15.1. The molecule has 1 fully saturated rings. The van der Waals surface area contributed by atoms with E-state index >= 15 is 0 Å². The fourth-order valence-corrected chi connectivity index (χ4v) is 3.57. The number of anilines is 1. The lowest BCUT2D eigenvalue weighted by Crippen LogP contribution is -2.27. The van der Waals surface area contributed by atoms with E-state index in [4.69, 9.17) is 4.74 Å². The highest BCUT2D eigenvalue weighted by Gasteiger charge is 2.29. The molecule has 8 nitrogen and oxygen atoms in total. The fourth-order valence-electron chi connectivity index (χ4n) is 3.57. The van der Waals surface area contributed by atoms with Crippen molar-refractivity contribution in [2.45, 2.75) is 19.8 Å². The molecule has 2 aliphatic heterocycles. The third-order valence-corrected chi connectivity index (χ3v) is 4.94. The minimum absolute atomic E-state index is 0.386. The van der Waals surface area contributed by atoms with Gasteiger partial charge in [0.05, 0.1) is 41.3 Å². The van der Waals surface area contributed by atoms with Gasteiger partial charge in [-0.1, -0.05) is 6.07 Å². The maximum Gasteiger partial charge on any atom is 0.170 e. The first-order chi connectivity index (χ1) is 13.1. The van der Waals surface area contributed by atoms with E-state index in [0.717, 1.165) is 34.4 Å². The summed E-state index contributed by atoms with van der Waals surface area (Å²) < 4.78 is 5.35. The summed E-state index contributed by atoms with van der Waals surface area (Å²) in [5.74, 6) is 0.313. The summed E-state index contributed by atoms with van der Waals surface area (Å²) in [5, 5.41) is 32.7. The van der Waals surface area contributed by atoms with E-state index in [-0.39, 0.29) is 5.92 Å². The zero-order chi connectivity index (χ0) is 19.0. The average Bonchev–Trinajstić information content (AvgIpc) is 3.31. The molecule has 0 amide bonds. The van der Waals surface area contributed by atoms with Crippen LogP contribution in [0.1, 0.15) is 25.3 Å². The molecule has 27 heavy (non-hydrogen) atoms. The maximum absolute atomic E-state index is 9.68. The topological polar surface area (TPSA) is 113 Å². The standard InChI is InChI=1S/C19H19N7O/c1-11-15(8-20)18(16(9-21)12(2)22-11)13-3-4-17-14(7-13)19(24-23-17)25-26-5-6-27-10-26/h3-4,7,18,22H,5-6,10H2,1-2H3,(H2,23,24,25). The summed E-state index contributed by atoms with van der Waals surface area (Å²) in [6, 6.07) is 10.4. The lowest BCUT2D eigenvalue weighted by molar-refractivity contribution is 0.153. The number of nitrogens with zero attached hydrogens (tertiary/aromatic N) is 4. The summed E-state index contributed by atoms with van der Waals surface area (Å²) in [5.41, 5.74) is 7.70. The van der Waals surface area contributed by atoms with Gasteiger partial charge in [-0.2, -0.15) is 20.6 Å². The van der Waals surface area contributed by atoms with Gasteiger partial charge in [0, 0.05) is 23.3 Å². The molecule has 3 heterocycles. The summed E-state index contributed by atoms with van der Waals surface area (Å²) in [6.45, 7) is 5.69. The number of aromatic nitrogens is 2. The molecule has 1 saturated heterocycles. The number of aromatic amines is 1. The molecule has 0 bridgehead atoms. The molecule has 4 rings (SSSR count). The average molecular weight is 361 g/mol. The number of fused-ring (bicyclic) bond motifs is 1. The quantitative estimate of drug-likeness (QED) is 0.769.